The lowest BCUT2D eigenvalue weighted by Gasteiger charge is -2.22. The molecule has 1 saturated carbocycles. The molecule has 0 radical (unpaired) electrons. The summed E-state index contributed by atoms with van der Waals surface area (Å²) in [5.74, 6) is -1.01. The van der Waals surface area contributed by atoms with E-state index in [1.807, 2.05) is 0 Å². The summed E-state index contributed by atoms with van der Waals surface area (Å²) in [6.07, 6.45) is 2.02. The molecule has 2 rings (SSSR count). The summed E-state index contributed by atoms with van der Waals surface area (Å²) in [6.45, 7) is 1.03. The Kier molecular flexibility index (Phi) is 5.19. The summed E-state index contributed by atoms with van der Waals surface area (Å²) in [4.78, 5) is 24.9. The van der Waals surface area contributed by atoms with Gasteiger partial charge in [0.25, 0.3) is 0 Å². The van der Waals surface area contributed by atoms with Gasteiger partial charge >= 0.3 is 12.0 Å². The van der Waals surface area contributed by atoms with Gasteiger partial charge in [-0.1, -0.05) is 0 Å². The summed E-state index contributed by atoms with van der Waals surface area (Å²) in [5.41, 5.74) is 0.714. The molecule has 1 aliphatic rings. The van der Waals surface area contributed by atoms with Gasteiger partial charge in [0.1, 0.15) is 0 Å². The van der Waals surface area contributed by atoms with Crippen molar-refractivity contribution in [1.82, 2.24) is 4.90 Å². The van der Waals surface area contributed by atoms with Crippen molar-refractivity contribution in [2.24, 2.45) is 0 Å². The molecule has 1 aliphatic carbocycles. The van der Waals surface area contributed by atoms with Crippen molar-refractivity contribution in [2.45, 2.75) is 18.9 Å². The molecule has 1 aromatic carbocycles. The van der Waals surface area contributed by atoms with Gasteiger partial charge in [-0.05, 0) is 47.0 Å². The molecule has 2 amide bonds. The smallest absolute Gasteiger partial charge is 0.335 e. The summed E-state index contributed by atoms with van der Waals surface area (Å²) in [6, 6.07) is 4.58. The van der Waals surface area contributed by atoms with Gasteiger partial charge in [0, 0.05) is 24.2 Å². The van der Waals surface area contributed by atoms with Crippen molar-refractivity contribution in [2.75, 3.05) is 25.6 Å². The molecule has 114 valence electrons. The van der Waals surface area contributed by atoms with Gasteiger partial charge in [-0.3, -0.25) is 0 Å². The van der Waals surface area contributed by atoms with E-state index in [9.17, 15) is 9.59 Å². The highest BCUT2D eigenvalue weighted by Gasteiger charge is 2.32. The van der Waals surface area contributed by atoms with E-state index in [4.69, 9.17) is 9.84 Å². The summed E-state index contributed by atoms with van der Waals surface area (Å²) in [7, 11) is 1.60. The third-order valence-corrected chi connectivity index (χ3v) is 3.90. The van der Waals surface area contributed by atoms with E-state index in [0.29, 0.717) is 23.3 Å². The molecule has 0 heterocycles. The van der Waals surface area contributed by atoms with E-state index in [1.165, 1.54) is 12.1 Å². The highest BCUT2D eigenvalue weighted by molar-refractivity contribution is 9.10. The number of aromatic carboxylic acids is 1. The quantitative estimate of drug-likeness (QED) is 0.821. The van der Waals surface area contributed by atoms with Crippen molar-refractivity contribution in [3.63, 3.8) is 0 Å². The van der Waals surface area contributed by atoms with Crippen LogP contribution in [0.15, 0.2) is 22.7 Å². The van der Waals surface area contributed by atoms with Crippen molar-refractivity contribution < 1.29 is 19.4 Å². The molecule has 0 spiro atoms. The highest BCUT2D eigenvalue weighted by Crippen LogP contribution is 2.29. The van der Waals surface area contributed by atoms with Crippen LogP contribution < -0.4 is 5.32 Å². The molecule has 6 nitrogen and oxygen atoms in total. The number of hydrogen-bond acceptors (Lipinski definition) is 3. The fraction of sp³-hybridized carbons (Fsp3) is 0.429. The predicted octanol–water partition coefficient (Wildman–Crippen LogP) is 2.79. The number of nitrogens with one attached hydrogen (secondary N) is 1. The first-order chi connectivity index (χ1) is 10.0. The Morgan fingerprint density at radius 3 is 2.71 bits per heavy atom. The lowest BCUT2D eigenvalue weighted by Crippen LogP contribution is -2.39. The van der Waals surface area contributed by atoms with Crippen molar-refractivity contribution in [1.29, 1.82) is 0 Å². The molecule has 0 bridgehead atoms. The van der Waals surface area contributed by atoms with E-state index < -0.39 is 5.97 Å². The molecular weight excluding hydrogens is 340 g/mol. The minimum atomic E-state index is -1.01. The van der Waals surface area contributed by atoms with E-state index >= 15 is 0 Å². The van der Waals surface area contributed by atoms with Crippen molar-refractivity contribution in [3.05, 3.63) is 28.2 Å². The van der Waals surface area contributed by atoms with E-state index in [-0.39, 0.29) is 17.6 Å². The lowest BCUT2D eigenvalue weighted by atomic mass is 10.2. The maximum absolute atomic E-state index is 12.3. The van der Waals surface area contributed by atoms with Gasteiger partial charge in [-0.25, -0.2) is 9.59 Å². The Labute approximate surface area is 131 Å². The van der Waals surface area contributed by atoms with Crippen molar-refractivity contribution >= 4 is 33.6 Å². The first-order valence-corrected chi connectivity index (χ1v) is 7.41. The molecule has 21 heavy (non-hydrogen) atoms. The van der Waals surface area contributed by atoms with Gasteiger partial charge in [0.2, 0.25) is 0 Å². The number of urea groups is 1. The fourth-order valence-electron chi connectivity index (χ4n) is 1.96. The molecule has 0 unspecified atom stereocenters. The Bertz CT molecular complexity index is 546. The van der Waals surface area contributed by atoms with Crippen LogP contribution in [-0.4, -0.2) is 48.3 Å². The predicted molar refractivity (Wildman–Crippen MR) is 81.7 cm³/mol. The number of halogens is 1. The molecule has 0 saturated heterocycles. The molecule has 1 aromatic rings. The number of benzene rings is 1. The van der Waals surface area contributed by atoms with Crippen LogP contribution in [0.5, 0.6) is 0 Å². The number of nitrogens with zero attached hydrogens (tertiary/aromatic N) is 1. The molecule has 0 aromatic heterocycles. The van der Waals surface area contributed by atoms with Crippen LogP contribution in [0.3, 0.4) is 0 Å². The van der Waals surface area contributed by atoms with Gasteiger partial charge in [-0.2, -0.15) is 0 Å². The van der Waals surface area contributed by atoms with Crippen LogP contribution in [0.25, 0.3) is 0 Å². The van der Waals surface area contributed by atoms with Crippen LogP contribution in [0, 0.1) is 0 Å². The summed E-state index contributed by atoms with van der Waals surface area (Å²) in [5, 5.41) is 11.7. The number of carbonyl (C=O) groups is 2. The molecule has 0 atom stereocenters. The fourth-order valence-corrected chi connectivity index (χ4v) is 2.44. The zero-order chi connectivity index (χ0) is 15.4. The minimum absolute atomic E-state index is 0.165. The highest BCUT2D eigenvalue weighted by atomic mass is 79.9. The second-order valence-electron chi connectivity index (χ2n) is 4.85. The van der Waals surface area contributed by atoms with E-state index in [0.717, 1.165) is 12.8 Å². The number of carbonyl (C=O) groups excluding carboxylic acids is 1. The summed E-state index contributed by atoms with van der Waals surface area (Å²) >= 11 is 3.28. The SMILES string of the molecule is COCCN(C(=O)Nc1ccc(C(=O)O)cc1Br)C1CC1. The zero-order valence-electron chi connectivity index (χ0n) is 11.6. The molecule has 1 fully saturated rings. The van der Waals surface area contributed by atoms with Crippen molar-refractivity contribution in [3.8, 4) is 0 Å². The number of methoxy groups -OCH3 is 1. The Hall–Kier alpha value is -1.60. The maximum atomic E-state index is 12.3. The zero-order valence-corrected chi connectivity index (χ0v) is 13.2. The topological polar surface area (TPSA) is 78.9 Å². The third kappa shape index (κ3) is 4.18. The van der Waals surface area contributed by atoms with Crippen LogP contribution in [0.2, 0.25) is 0 Å². The van der Waals surface area contributed by atoms with Crippen LogP contribution in [0.1, 0.15) is 23.2 Å². The van der Waals surface area contributed by atoms with Gasteiger partial charge in [-0.15, -0.1) is 0 Å². The van der Waals surface area contributed by atoms with E-state index in [2.05, 4.69) is 21.2 Å². The second kappa shape index (κ2) is 6.91. The molecular formula is C14H17BrN2O4. The largest absolute Gasteiger partial charge is 0.478 e. The maximum Gasteiger partial charge on any atom is 0.335 e. The Morgan fingerprint density at radius 2 is 2.19 bits per heavy atom. The van der Waals surface area contributed by atoms with Crippen LogP contribution in [0.4, 0.5) is 10.5 Å². The van der Waals surface area contributed by atoms with Gasteiger partial charge in [0.15, 0.2) is 0 Å². The molecule has 0 aliphatic heterocycles. The monoisotopic (exact) mass is 356 g/mol. The second-order valence-corrected chi connectivity index (χ2v) is 5.70. The number of rotatable bonds is 6. The van der Waals surface area contributed by atoms with Crippen LogP contribution >= 0.6 is 15.9 Å². The number of anilines is 1. The standard InChI is InChI=1S/C14H17BrN2O4/c1-21-7-6-17(10-3-4-10)14(20)16-12-5-2-9(13(18)19)8-11(12)15/h2,5,8,10H,3-4,6-7H2,1H3,(H,16,20)(H,18,19). The van der Waals surface area contributed by atoms with Crippen LogP contribution in [-0.2, 0) is 4.74 Å². The summed E-state index contributed by atoms with van der Waals surface area (Å²) < 4.78 is 5.56. The minimum Gasteiger partial charge on any atom is -0.478 e. The first kappa shape index (κ1) is 15.8. The third-order valence-electron chi connectivity index (χ3n) is 3.24. The first-order valence-electron chi connectivity index (χ1n) is 6.62. The number of carboxylic acids is 1. The Balaban J connectivity index is 2.05. The Morgan fingerprint density at radius 1 is 1.48 bits per heavy atom. The number of ether oxygens (including phenoxy) is 1. The molecule has 2 N–H and O–H groups in total. The number of hydrogen-bond donors (Lipinski definition) is 2. The number of carboxylic acid groups (broad SMARTS) is 1. The average Bonchev–Trinajstić information content (AvgIpc) is 3.26. The molecule has 7 heteroatoms. The lowest BCUT2D eigenvalue weighted by molar-refractivity contribution is 0.0697. The van der Waals surface area contributed by atoms with E-state index in [1.54, 1.807) is 18.1 Å². The van der Waals surface area contributed by atoms with Gasteiger partial charge < -0.3 is 20.1 Å². The number of amides is 2. The van der Waals surface area contributed by atoms with Gasteiger partial charge in [0.05, 0.1) is 17.9 Å². The average molecular weight is 357 g/mol. The normalized spacial score (nSPS) is 13.8.